The minimum Gasteiger partial charge on any atom is -0.481 e. The normalized spacial score (nSPS) is 37.8. The molecule has 27 heavy (non-hydrogen) atoms. The molecule has 6 nitrogen and oxygen atoms in total. The number of fused-ring (bicyclic) bond motifs is 6. The molecule has 4 aliphatic rings. The number of thiazole rings is 1. The third kappa shape index (κ3) is 1.95. The average molecular weight is 401 g/mol. The van der Waals surface area contributed by atoms with Crippen LogP contribution in [0, 0.1) is 29.6 Å². The lowest BCUT2D eigenvalue weighted by atomic mass is 9.66. The molecule has 6 rings (SSSR count). The van der Waals surface area contributed by atoms with Gasteiger partial charge in [0.05, 0.1) is 16.9 Å². The molecule has 138 valence electrons. The summed E-state index contributed by atoms with van der Waals surface area (Å²) in [6.07, 6.45) is 0.733. The van der Waals surface area contributed by atoms with Gasteiger partial charge in [-0.3, -0.25) is 14.4 Å². The molecule has 8 heteroatoms. The molecule has 1 aromatic carbocycles. The van der Waals surface area contributed by atoms with E-state index in [-0.39, 0.29) is 33.8 Å². The topological polar surface area (TPSA) is 96.5 Å². The van der Waals surface area contributed by atoms with E-state index in [0.29, 0.717) is 5.75 Å². The second-order valence-electron chi connectivity index (χ2n) is 7.76. The molecular weight excluding hydrogens is 386 g/mol. The Balaban J connectivity index is 1.64. The third-order valence-electron chi connectivity index (χ3n) is 6.73. The van der Waals surface area contributed by atoms with Crippen molar-refractivity contribution >= 4 is 35.0 Å². The van der Waals surface area contributed by atoms with Crippen LogP contribution in [0.5, 0.6) is 5.75 Å². The predicted octanol–water partition coefficient (Wildman–Crippen LogP) is 2.54. The average Bonchev–Trinajstić information content (AvgIpc) is 3.29. The van der Waals surface area contributed by atoms with Gasteiger partial charge in [0.15, 0.2) is 0 Å². The van der Waals surface area contributed by atoms with Gasteiger partial charge in [0.25, 0.3) is 0 Å². The van der Waals surface area contributed by atoms with Crippen molar-refractivity contribution < 1.29 is 19.4 Å². The minimum absolute atomic E-state index is 0.0233. The van der Waals surface area contributed by atoms with Crippen molar-refractivity contribution in [1.82, 2.24) is 4.98 Å². The van der Waals surface area contributed by atoms with Crippen molar-refractivity contribution in [3.63, 3.8) is 0 Å². The molecule has 0 spiro atoms. The molecule has 2 saturated carbocycles. The lowest BCUT2D eigenvalue weighted by molar-refractivity contribution is -0.156. The van der Waals surface area contributed by atoms with Crippen LogP contribution in [0.25, 0.3) is 0 Å². The van der Waals surface area contributed by atoms with Crippen LogP contribution in [0.1, 0.15) is 22.8 Å². The maximum atomic E-state index is 12.9. The van der Waals surface area contributed by atoms with Gasteiger partial charge < -0.3 is 14.8 Å². The summed E-state index contributed by atoms with van der Waals surface area (Å²) in [5.41, 5.74) is 0.926. The van der Waals surface area contributed by atoms with Gasteiger partial charge in [0.2, 0.25) is 0 Å². The van der Waals surface area contributed by atoms with Gasteiger partial charge in [-0.25, -0.2) is 0 Å². The molecule has 7 atom stereocenters. The van der Waals surface area contributed by atoms with Gasteiger partial charge in [0.1, 0.15) is 5.75 Å². The fraction of sp³-hybridized carbons (Fsp3) is 0.421. The molecule has 2 N–H and O–H groups in total. The van der Waals surface area contributed by atoms with E-state index in [1.807, 2.05) is 18.2 Å². The number of carboxylic acid groups (broad SMARTS) is 1. The zero-order chi connectivity index (χ0) is 18.4. The van der Waals surface area contributed by atoms with E-state index in [2.05, 4.69) is 4.98 Å². The van der Waals surface area contributed by atoms with E-state index < -0.39 is 23.8 Å². The summed E-state index contributed by atoms with van der Waals surface area (Å²) >= 11 is 2.83. The predicted molar refractivity (Wildman–Crippen MR) is 98.2 cm³/mol. The smallest absolute Gasteiger partial charge is 0.315 e. The highest BCUT2D eigenvalue weighted by atomic mass is 32.2. The lowest BCUT2D eigenvalue weighted by Crippen LogP contribution is -2.49. The Labute approximate surface area is 161 Å². The van der Waals surface area contributed by atoms with Crippen LogP contribution in [0.2, 0.25) is 0 Å². The van der Waals surface area contributed by atoms with E-state index in [1.54, 1.807) is 17.8 Å². The van der Waals surface area contributed by atoms with Crippen molar-refractivity contribution in [2.75, 3.05) is 0 Å². The van der Waals surface area contributed by atoms with E-state index >= 15 is 0 Å². The van der Waals surface area contributed by atoms with E-state index in [0.717, 1.165) is 21.9 Å². The van der Waals surface area contributed by atoms with Crippen molar-refractivity contribution in [3.8, 4) is 5.75 Å². The highest BCUT2D eigenvalue weighted by Gasteiger charge is 2.67. The lowest BCUT2D eigenvalue weighted by Gasteiger charge is -2.45. The van der Waals surface area contributed by atoms with Gasteiger partial charge in [-0.2, -0.15) is 0 Å². The van der Waals surface area contributed by atoms with Crippen LogP contribution in [-0.2, 0) is 9.59 Å². The number of aromatic amines is 1. The number of benzene rings is 1. The minimum atomic E-state index is -0.918. The number of para-hydroxylation sites is 1. The Morgan fingerprint density at radius 2 is 2.04 bits per heavy atom. The number of thioether (sulfide) groups is 1. The van der Waals surface area contributed by atoms with Gasteiger partial charge in [-0.05, 0) is 30.2 Å². The zero-order valence-corrected chi connectivity index (χ0v) is 15.6. The zero-order valence-electron chi connectivity index (χ0n) is 14.0. The molecule has 0 radical (unpaired) electrons. The highest BCUT2D eigenvalue weighted by molar-refractivity contribution is 8.00. The van der Waals surface area contributed by atoms with E-state index in [1.165, 1.54) is 11.3 Å². The first-order chi connectivity index (χ1) is 13.0. The van der Waals surface area contributed by atoms with Crippen molar-refractivity contribution in [1.29, 1.82) is 0 Å². The third-order valence-corrected chi connectivity index (χ3v) is 9.32. The molecule has 0 amide bonds. The van der Waals surface area contributed by atoms with Crippen LogP contribution >= 0.6 is 23.1 Å². The van der Waals surface area contributed by atoms with Gasteiger partial charge in [-0.15, -0.1) is 11.8 Å². The summed E-state index contributed by atoms with van der Waals surface area (Å²) in [6, 6.07) is 7.47. The van der Waals surface area contributed by atoms with Crippen molar-refractivity contribution in [3.05, 3.63) is 44.4 Å². The van der Waals surface area contributed by atoms with Crippen molar-refractivity contribution in [2.24, 2.45) is 29.6 Å². The SMILES string of the molecule is O=C(O)[C@@H]1[C@@H]2C[C@@H]3[C@H]1C(=O)Oc1ccccc1[C@H]1c4sc(=O)[nH]c4S[C@@H]2[C@H]13. The first-order valence-corrected chi connectivity index (χ1v) is 10.7. The van der Waals surface area contributed by atoms with Crippen LogP contribution in [0.4, 0.5) is 0 Å². The van der Waals surface area contributed by atoms with Crippen LogP contribution in [-0.4, -0.2) is 27.3 Å². The van der Waals surface area contributed by atoms with E-state index in [9.17, 15) is 19.5 Å². The summed E-state index contributed by atoms with van der Waals surface area (Å²) in [7, 11) is 0. The van der Waals surface area contributed by atoms with Gasteiger partial charge in [-0.1, -0.05) is 29.5 Å². The summed E-state index contributed by atoms with van der Waals surface area (Å²) in [4.78, 5) is 40.9. The van der Waals surface area contributed by atoms with E-state index in [4.69, 9.17) is 4.74 Å². The number of nitrogens with one attached hydrogen (secondary N) is 1. The fourth-order valence-electron chi connectivity index (χ4n) is 5.95. The Kier molecular flexibility index (Phi) is 3.11. The number of carbonyl (C=O) groups is 2. The summed E-state index contributed by atoms with van der Waals surface area (Å²) in [5.74, 6) is -2.16. The Morgan fingerprint density at radius 1 is 1.22 bits per heavy atom. The Bertz CT molecular complexity index is 1060. The summed E-state index contributed by atoms with van der Waals surface area (Å²) in [5, 5.41) is 10.8. The Hall–Kier alpha value is -2.06. The number of aromatic nitrogens is 1. The number of H-pyrrole nitrogens is 1. The van der Waals surface area contributed by atoms with Crippen molar-refractivity contribution in [2.45, 2.75) is 22.6 Å². The first-order valence-electron chi connectivity index (χ1n) is 8.97. The molecule has 2 fully saturated rings. The maximum absolute atomic E-state index is 12.9. The molecule has 2 aromatic rings. The molecule has 3 heterocycles. The van der Waals surface area contributed by atoms with Gasteiger partial charge in [0, 0.05) is 21.6 Å². The maximum Gasteiger partial charge on any atom is 0.315 e. The standard InChI is InChI=1S/C19H15NO5S2/c21-17(22)12-8-5-7-11-10(15-16(26-14(8)11)20-19(24)27-15)6-3-1-2-4-9(6)25-18(23)13(7)12/h1-4,7-8,10-14H,5H2,(H,20,24)(H,21,22)/t7-,8-,10+,11-,12+,13+,14-/m0/s1. The second kappa shape index (κ2) is 5.26. The summed E-state index contributed by atoms with van der Waals surface area (Å²) in [6.45, 7) is 0. The van der Waals surface area contributed by atoms with Crippen LogP contribution in [0.3, 0.4) is 0 Å². The molecule has 2 bridgehead atoms. The largest absolute Gasteiger partial charge is 0.481 e. The molecule has 2 aliphatic heterocycles. The van der Waals surface area contributed by atoms with Crippen LogP contribution < -0.4 is 9.61 Å². The molecule has 0 unspecified atom stereocenters. The van der Waals surface area contributed by atoms with Crippen LogP contribution in [0.15, 0.2) is 34.1 Å². The quantitative estimate of drug-likeness (QED) is 0.563. The monoisotopic (exact) mass is 401 g/mol. The number of esters is 1. The number of hydrogen-bond acceptors (Lipinski definition) is 6. The van der Waals surface area contributed by atoms with Gasteiger partial charge >= 0.3 is 16.8 Å². The fourth-order valence-corrected chi connectivity index (χ4v) is 8.83. The number of hydrogen-bond donors (Lipinski definition) is 2. The number of carbonyl (C=O) groups excluding carboxylic acids is 1. The number of rotatable bonds is 1. The summed E-state index contributed by atoms with van der Waals surface area (Å²) < 4.78 is 5.72. The highest BCUT2D eigenvalue weighted by Crippen LogP contribution is 2.68. The first kappa shape index (κ1) is 15.9. The molecule has 2 aliphatic carbocycles. The second-order valence-corrected chi connectivity index (χ2v) is 9.96. The molecular formula is C19H15NO5S2. The molecule has 0 saturated heterocycles. The number of carboxylic acids is 1. The number of aliphatic carboxylic acids is 1. The number of ether oxygens (including phenoxy) is 1. The molecule has 1 aromatic heterocycles. The Morgan fingerprint density at radius 3 is 2.85 bits per heavy atom.